The van der Waals surface area contributed by atoms with Crippen molar-refractivity contribution < 1.29 is 28.7 Å². The molecule has 1 N–H and O–H groups in total. The third-order valence-corrected chi connectivity index (χ3v) is 6.91. The topological polar surface area (TPSA) is 105 Å². The lowest BCUT2D eigenvalue weighted by Gasteiger charge is -2.35. The largest absolute Gasteiger partial charge is 0.497 e. The minimum atomic E-state index is -0.932. The van der Waals surface area contributed by atoms with Gasteiger partial charge in [0.05, 0.1) is 31.2 Å². The van der Waals surface area contributed by atoms with Crippen molar-refractivity contribution in [2.45, 2.75) is 26.4 Å². The Labute approximate surface area is 237 Å². The Kier molecular flexibility index (Phi) is 8.74. The molecule has 3 aromatic carbocycles. The molecule has 1 heterocycles. The van der Waals surface area contributed by atoms with Crippen LogP contribution in [-0.2, 0) is 20.9 Å². The van der Waals surface area contributed by atoms with Crippen LogP contribution in [0.4, 0.5) is 11.4 Å². The van der Waals surface area contributed by atoms with Gasteiger partial charge in [-0.1, -0.05) is 49.7 Å². The minimum Gasteiger partial charge on any atom is -0.497 e. The Balaban J connectivity index is 1.67. The summed E-state index contributed by atoms with van der Waals surface area (Å²) in [6.07, 6.45) is 0. The molecule has 0 radical (unpaired) electrons. The second kappa shape index (κ2) is 12.2. The maximum atomic E-state index is 13.9. The van der Waals surface area contributed by atoms with Crippen molar-refractivity contribution in [3.63, 3.8) is 0 Å². The third-order valence-electron chi connectivity index (χ3n) is 6.66. The van der Waals surface area contributed by atoms with E-state index in [0.717, 1.165) is 10.5 Å². The van der Waals surface area contributed by atoms with Gasteiger partial charge in [0.1, 0.15) is 24.1 Å². The summed E-state index contributed by atoms with van der Waals surface area (Å²) in [6, 6.07) is 17.5. The number of para-hydroxylation sites is 1. The highest BCUT2D eigenvalue weighted by atomic mass is 35.5. The molecule has 0 aromatic heterocycles. The lowest BCUT2D eigenvalue weighted by molar-refractivity contribution is -0.140. The normalized spacial score (nSPS) is 13.2. The highest BCUT2D eigenvalue weighted by molar-refractivity contribution is 6.52. The van der Waals surface area contributed by atoms with Crippen LogP contribution in [0, 0.1) is 5.92 Å². The first-order valence-corrected chi connectivity index (χ1v) is 13.0. The molecule has 0 saturated heterocycles. The lowest BCUT2D eigenvalue weighted by Crippen LogP contribution is -2.53. The van der Waals surface area contributed by atoms with E-state index in [1.807, 2.05) is 13.8 Å². The van der Waals surface area contributed by atoms with Crippen molar-refractivity contribution in [3.8, 4) is 11.5 Å². The molecular formula is C30H30ClN3O6. The van der Waals surface area contributed by atoms with Crippen molar-refractivity contribution in [1.29, 1.82) is 0 Å². The number of ketones is 1. The fourth-order valence-electron chi connectivity index (χ4n) is 4.67. The van der Waals surface area contributed by atoms with Crippen molar-refractivity contribution in [3.05, 3.63) is 82.9 Å². The number of nitrogens with zero attached hydrogens (tertiary/aromatic N) is 2. The van der Waals surface area contributed by atoms with Crippen LogP contribution in [0.1, 0.15) is 29.8 Å². The number of carbonyl (C=O) groups excluding carboxylic acids is 4. The Bertz CT molecular complexity index is 1440. The molecule has 9 nitrogen and oxygen atoms in total. The highest BCUT2D eigenvalue weighted by Crippen LogP contribution is 2.31. The van der Waals surface area contributed by atoms with Gasteiger partial charge < -0.3 is 19.7 Å². The Hall–Kier alpha value is -4.37. The number of carbonyl (C=O) groups is 4. The molecule has 3 amide bonds. The van der Waals surface area contributed by atoms with Crippen LogP contribution in [0.2, 0.25) is 5.02 Å². The predicted octanol–water partition coefficient (Wildman–Crippen LogP) is 4.58. The fourth-order valence-corrected chi connectivity index (χ4v) is 4.80. The smallest absolute Gasteiger partial charge is 0.299 e. The van der Waals surface area contributed by atoms with Crippen molar-refractivity contribution >= 4 is 46.5 Å². The Morgan fingerprint density at radius 1 is 0.975 bits per heavy atom. The van der Waals surface area contributed by atoms with Crippen LogP contribution < -0.4 is 19.7 Å². The molecule has 0 spiro atoms. The summed E-state index contributed by atoms with van der Waals surface area (Å²) in [5.74, 6) is -1.76. The fraction of sp³-hybridized carbons (Fsp3) is 0.267. The summed E-state index contributed by atoms with van der Waals surface area (Å²) >= 11 is 6.06. The van der Waals surface area contributed by atoms with E-state index in [2.05, 4.69) is 5.32 Å². The molecule has 1 unspecified atom stereocenters. The van der Waals surface area contributed by atoms with Gasteiger partial charge >= 0.3 is 0 Å². The van der Waals surface area contributed by atoms with Gasteiger partial charge in [-0.3, -0.25) is 24.1 Å². The van der Waals surface area contributed by atoms with E-state index in [4.69, 9.17) is 21.1 Å². The summed E-state index contributed by atoms with van der Waals surface area (Å²) in [5, 5.41) is 3.41. The second-order valence-corrected chi connectivity index (χ2v) is 10.1. The number of amides is 3. The summed E-state index contributed by atoms with van der Waals surface area (Å²) in [4.78, 5) is 55.6. The van der Waals surface area contributed by atoms with E-state index in [-0.39, 0.29) is 18.0 Å². The number of anilines is 2. The van der Waals surface area contributed by atoms with E-state index < -0.39 is 36.1 Å². The standard InChI is InChI=1S/C30H30ClN3O6/c1-18(2)27(29(37)32-23-14-13-21(39-3)15-25(23)40-4)34(16-19-9-11-20(31)12-10-19)26(35)17-33-24-8-6-5-7-22(24)28(36)30(33)38/h5-15,18,27H,16-17H2,1-4H3,(H,32,37). The van der Waals surface area contributed by atoms with E-state index in [1.54, 1.807) is 66.7 Å². The average molecular weight is 564 g/mol. The summed E-state index contributed by atoms with van der Waals surface area (Å²) < 4.78 is 10.7. The summed E-state index contributed by atoms with van der Waals surface area (Å²) in [5.41, 5.74) is 1.76. The summed E-state index contributed by atoms with van der Waals surface area (Å²) in [7, 11) is 3.01. The molecule has 208 valence electrons. The Morgan fingerprint density at radius 3 is 2.33 bits per heavy atom. The maximum absolute atomic E-state index is 13.9. The first-order chi connectivity index (χ1) is 19.1. The SMILES string of the molecule is COc1ccc(NC(=O)C(C(C)C)N(Cc2ccc(Cl)cc2)C(=O)CN2C(=O)C(=O)c3ccccc32)c(OC)c1. The number of Topliss-reactive ketones (excluding diaryl/α,β-unsaturated/α-hetero) is 1. The number of hydrogen-bond donors (Lipinski definition) is 1. The van der Waals surface area contributed by atoms with Gasteiger partial charge in [-0.25, -0.2) is 0 Å². The van der Waals surface area contributed by atoms with Crippen molar-refractivity contribution in [2.75, 3.05) is 31.0 Å². The number of rotatable bonds is 10. The second-order valence-electron chi connectivity index (χ2n) is 9.63. The molecule has 0 aliphatic carbocycles. The number of fused-ring (bicyclic) bond motifs is 1. The third kappa shape index (κ3) is 5.94. The molecular weight excluding hydrogens is 534 g/mol. The predicted molar refractivity (Wildman–Crippen MR) is 152 cm³/mol. The van der Waals surface area contributed by atoms with E-state index in [9.17, 15) is 19.2 Å². The van der Waals surface area contributed by atoms with Gasteiger partial charge in [0.15, 0.2) is 0 Å². The van der Waals surface area contributed by atoms with E-state index >= 15 is 0 Å². The van der Waals surface area contributed by atoms with Crippen LogP contribution in [0.15, 0.2) is 66.7 Å². The Morgan fingerprint density at radius 2 is 1.68 bits per heavy atom. The van der Waals surface area contributed by atoms with Crippen LogP contribution in [0.3, 0.4) is 0 Å². The maximum Gasteiger partial charge on any atom is 0.299 e. The molecule has 1 atom stereocenters. The van der Waals surface area contributed by atoms with E-state index in [1.165, 1.54) is 19.1 Å². The number of benzene rings is 3. The molecule has 1 aliphatic rings. The van der Waals surface area contributed by atoms with Gasteiger partial charge in [-0.05, 0) is 47.9 Å². The van der Waals surface area contributed by atoms with Gasteiger partial charge in [-0.2, -0.15) is 0 Å². The van der Waals surface area contributed by atoms with Gasteiger partial charge in [0, 0.05) is 17.6 Å². The minimum absolute atomic E-state index is 0.0731. The molecule has 10 heteroatoms. The number of ether oxygens (including phenoxy) is 2. The summed E-state index contributed by atoms with van der Waals surface area (Å²) in [6.45, 7) is 3.33. The first kappa shape index (κ1) is 28.6. The number of halogens is 1. The molecule has 0 fully saturated rings. The lowest BCUT2D eigenvalue weighted by atomic mass is 10.00. The van der Waals surface area contributed by atoms with Crippen LogP contribution in [-0.4, -0.2) is 55.2 Å². The molecule has 0 saturated carbocycles. The van der Waals surface area contributed by atoms with Gasteiger partial charge in [0.2, 0.25) is 11.8 Å². The molecule has 4 rings (SSSR count). The van der Waals surface area contributed by atoms with Crippen LogP contribution in [0.5, 0.6) is 11.5 Å². The van der Waals surface area contributed by atoms with Crippen molar-refractivity contribution in [2.24, 2.45) is 5.92 Å². The van der Waals surface area contributed by atoms with Crippen LogP contribution in [0.25, 0.3) is 0 Å². The van der Waals surface area contributed by atoms with Gasteiger partial charge in [0.25, 0.3) is 11.7 Å². The van der Waals surface area contributed by atoms with Gasteiger partial charge in [-0.15, -0.1) is 0 Å². The van der Waals surface area contributed by atoms with E-state index in [0.29, 0.717) is 27.9 Å². The number of methoxy groups -OCH3 is 2. The van der Waals surface area contributed by atoms with Crippen LogP contribution >= 0.6 is 11.6 Å². The molecule has 1 aliphatic heterocycles. The monoisotopic (exact) mass is 563 g/mol. The highest BCUT2D eigenvalue weighted by Gasteiger charge is 2.39. The molecule has 40 heavy (non-hydrogen) atoms. The zero-order chi connectivity index (χ0) is 29.0. The molecule has 0 bridgehead atoms. The number of hydrogen-bond acceptors (Lipinski definition) is 6. The zero-order valence-corrected chi connectivity index (χ0v) is 23.4. The number of nitrogens with one attached hydrogen (secondary N) is 1. The quantitative estimate of drug-likeness (QED) is 0.362. The first-order valence-electron chi connectivity index (χ1n) is 12.7. The molecule has 3 aromatic rings. The zero-order valence-electron chi connectivity index (χ0n) is 22.6. The van der Waals surface area contributed by atoms with Crippen molar-refractivity contribution in [1.82, 2.24) is 4.90 Å². The average Bonchev–Trinajstić information content (AvgIpc) is 3.18.